The minimum Gasteiger partial charge on any atom is -0.482 e. The average molecular weight is 522 g/mol. The maximum atomic E-state index is 12.9. The molecule has 192 valence electrons. The van der Waals surface area contributed by atoms with Gasteiger partial charge in [-0.2, -0.15) is 0 Å². The summed E-state index contributed by atoms with van der Waals surface area (Å²) in [5, 5.41) is 6.22. The summed E-state index contributed by atoms with van der Waals surface area (Å²) < 4.78 is 17.8. The zero-order chi connectivity index (χ0) is 25.9. The van der Waals surface area contributed by atoms with Crippen molar-refractivity contribution in [2.45, 2.75) is 32.1 Å². The smallest absolute Gasteiger partial charge is 0.404 e. The fourth-order valence-electron chi connectivity index (χ4n) is 4.30. The van der Waals surface area contributed by atoms with Crippen molar-refractivity contribution < 1.29 is 19.0 Å². The van der Waals surface area contributed by atoms with E-state index in [4.69, 9.17) is 19.9 Å². The van der Waals surface area contributed by atoms with Crippen LogP contribution in [0.2, 0.25) is 0 Å². The number of carbonyl (C=O) groups is 1. The second-order valence-electron chi connectivity index (χ2n) is 8.80. The van der Waals surface area contributed by atoms with Crippen molar-refractivity contribution in [2.75, 3.05) is 18.5 Å². The van der Waals surface area contributed by atoms with Crippen molar-refractivity contribution in [1.29, 1.82) is 0 Å². The third-order valence-electron chi connectivity index (χ3n) is 6.25. The van der Waals surface area contributed by atoms with E-state index in [9.17, 15) is 9.59 Å². The first kappa shape index (κ1) is 24.7. The van der Waals surface area contributed by atoms with E-state index in [0.29, 0.717) is 30.1 Å². The third kappa shape index (κ3) is 5.27. The molecule has 1 amide bonds. The number of anilines is 1. The number of benzene rings is 1. The molecule has 4 heterocycles. The highest BCUT2D eigenvalue weighted by atomic mass is 32.1. The predicted molar refractivity (Wildman–Crippen MR) is 141 cm³/mol. The Bertz CT molecular complexity index is 1490. The lowest BCUT2D eigenvalue weighted by Crippen LogP contribution is -2.25. The van der Waals surface area contributed by atoms with Gasteiger partial charge in [0.15, 0.2) is 5.75 Å². The Balaban J connectivity index is 1.41. The number of thiophene rings is 1. The second-order valence-corrected chi connectivity index (χ2v) is 9.75. The zero-order valence-corrected chi connectivity index (χ0v) is 21.3. The van der Waals surface area contributed by atoms with Gasteiger partial charge in [-0.25, -0.2) is 14.8 Å². The summed E-state index contributed by atoms with van der Waals surface area (Å²) in [6.45, 7) is 3.24. The lowest BCUT2D eigenvalue weighted by Gasteiger charge is -2.17. The quantitative estimate of drug-likeness (QED) is 0.356. The Morgan fingerprint density at radius 3 is 2.95 bits per heavy atom. The molecule has 10 nitrogen and oxygen atoms in total. The summed E-state index contributed by atoms with van der Waals surface area (Å²) in [6.07, 6.45) is 1.23. The molecule has 3 N–H and O–H groups in total. The lowest BCUT2D eigenvalue weighted by molar-refractivity contribution is 0.140. The first-order valence-corrected chi connectivity index (χ1v) is 12.7. The van der Waals surface area contributed by atoms with Crippen molar-refractivity contribution in [3.8, 4) is 16.9 Å². The molecule has 0 aliphatic carbocycles. The number of nitrogens with two attached hydrogens (primary N) is 1. The highest BCUT2D eigenvalue weighted by Crippen LogP contribution is 2.34. The van der Waals surface area contributed by atoms with Gasteiger partial charge in [0, 0.05) is 24.4 Å². The standard InChI is InChI=1S/C26H27N5O5S/c1-15(22-9-17(13-37-22)19-6-4-3-5-16(19)11-35-26(27)33)30-23-20-10-21(36-18-7-8-34-12-18)25(32)31(2)24(20)29-14-28-23/h3-6,9-10,13-15,18H,7-8,11-12H2,1-2H3,(H2,27,33)(H,28,29,30)/t15-,18+/m1/s1. The number of aryl methyl sites for hydroxylation is 1. The molecule has 0 radical (unpaired) electrons. The van der Waals surface area contributed by atoms with E-state index >= 15 is 0 Å². The summed E-state index contributed by atoms with van der Waals surface area (Å²) in [5.74, 6) is 0.857. The predicted octanol–water partition coefficient (Wildman–Crippen LogP) is 3.99. The summed E-state index contributed by atoms with van der Waals surface area (Å²) in [5.41, 5.74) is 8.26. The summed E-state index contributed by atoms with van der Waals surface area (Å²) in [6, 6.07) is 11.4. The SMILES string of the molecule is C[C@@H](Nc1ncnc2c1cc(O[C@H]1CCOC1)c(=O)n2C)c1cc(-c2ccccc2COC(N)=O)cs1. The van der Waals surface area contributed by atoms with Gasteiger partial charge in [0.2, 0.25) is 0 Å². The van der Waals surface area contributed by atoms with Crippen LogP contribution in [0.4, 0.5) is 10.6 Å². The number of nitrogens with zero attached hydrogens (tertiary/aromatic N) is 3. The van der Waals surface area contributed by atoms with Crippen molar-refractivity contribution in [3.63, 3.8) is 0 Å². The number of pyridine rings is 1. The van der Waals surface area contributed by atoms with E-state index in [1.165, 1.54) is 10.9 Å². The van der Waals surface area contributed by atoms with E-state index in [0.717, 1.165) is 28.0 Å². The topological polar surface area (TPSA) is 131 Å². The normalized spacial score (nSPS) is 16.0. The molecular weight excluding hydrogens is 494 g/mol. The van der Waals surface area contributed by atoms with Gasteiger partial charge >= 0.3 is 6.09 Å². The molecule has 1 fully saturated rings. The summed E-state index contributed by atoms with van der Waals surface area (Å²) in [7, 11) is 1.67. The Labute approximate surface area is 217 Å². The molecule has 0 spiro atoms. The molecule has 0 unspecified atom stereocenters. The number of primary amides is 1. The molecule has 1 aliphatic heterocycles. The molecule has 1 saturated heterocycles. The number of hydrogen-bond donors (Lipinski definition) is 2. The molecule has 37 heavy (non-hydrogen) atoms. The molecule has 1 aromatic carbocycles. The molecule has 2 atom stereocenters. The van der Waals surface area contributed by atoms with Crippen LogP contribution in [0.5, 0.6) is 5.75 Å². The Morgan fingerprint density at radius 1 is 1.32 bits per heavy atom. The number of amides is 1. The van der Waals surface area contributed by atoms with Crippen LogP contribution in [0.25, 0.3) is 22.2 Å². The Hall–Kier alpha value is -3.96. The van der Waals surface area contributed by atoms with E-state index in [2.05, 4.69) is 26.7 Å². The third-order valence-corrected chi connectivity index (χ3v) is 7.37. The van der Waals surface area contributed by atoms with E-state index < -0.39 is 6.09 Å². The van der Waals surface area contributed by atoms with Gasteiger partial charge in [0.25, 0.3) is 5.56 Å². The van der Waals surface area contributed by atoms with Crippen LogP contribution in [0.3, 0.4) is 0 Å². The second kappa shape index (κ2) is 10.6. The number of ether oxygens (including phenoxy) is 3. The van der Waals surface area contributed by atoms with Gasteiger partial charge in [-0.15, -0.1) is 11.3 Å². The number of nitrogens with one attached hydrogen (secondary N) is 1. The highest BCUT2D eigenvalue weighted by molar-refractivity contribution is 7.10. The van der Waals surface area contributed by atoms with Gasteiger partial charge in [0.05, 0.1) is 24.6 Å². The largest absolute Gasteiger partial charge is 0.482 e. The fourth-order valence-corrected chi connectivity index (χ4v) is 5.22. The van der Waals surface area contributed by atoms with Crippen LogP contribution in [-0.4, -0.2) is 39.9 Å². The van der Waals surface area contributed by atoms with E-state index in [1.54, 1.807) is 24.5 Å². The fraction of sp³-hybridized carbons (Fsp3) is 0.308. The molecule has 0 saturated carbocycles. The maximum absolute atomic E-state index is 12.9. The molecule has 4 aromatic rings. The van der Waals surface area contributed by atoms with Gasteiger partial charge in [-0.1, -0.05) is 24.3 Å². The Morgan fingerprint density at radius 2 is 2.16 bits per heavy atom. The number of rotatable bonds is 8. The molecule has 3 aromatic heterocycles. The molecule has 0 bridgehead atoms. The first-order valence-electron chi connectivity index (χ1n) is 11.9. The van der Waals surface area contributed by atoms with Crippen molar-refractivity contribution >= 4 is 34.3 Å². The van der Waals surface area contributed by atoms with Gasteiger partial charge < -0.3 is 25.3 Å². The minimum absolute atomic E-state index is 0.0873. The molecular formula is C26H27N5O5S. The molecule has 1 aliphatic rings. The highest BCUT2D eigenvalue weighted by Gasteiger charge is 2.21. The van der Waals surface area contributed by atoms with Crippen molar-refractivity contribution in [3.05, 3.63) is 68.9 Å². The van der Waals surface area contributed by atoms with Crippen molar-refractivity contribution in [2.24, 2.45) is 12.8 Å². The van der Waals surface area contributed by atoms with E-state index in [-0.39, 0.29) is 30.1 Å². The summed E-state index contributed by atoms with van der Waals surface area (Å²) in [4.78, 5) is 33.8. The van der Waals surface area contributed by atoms with Crippen LogP contribution < -0.4 is 21.3 Å². The first-order chi connectivity index (χ1) is 17.9. The van der Waals surface area contributed by atoms with Crippen LogP contribution in [-0.2, 0) is 23.1 Å². The average Bonchev–Trinajstić information content (AvgIpc) is 3.59. The van der Waals surface area contributed by atoms with Crippen LogP contribution in [0.15, 0.2) is 52.9 Å². The monoisotopic (exact) mass is 521 g/mol. The number of fused-ring (bicyclic) bond motifs is 1. The maximum Gasteiger partial charge on any atom is 0.404 e. The lowest BCUT2D eigenvalue weighted by atomic mass is 10.0. The summed E-state index contributed by atoms with van der Waals surface area (Å²) >= 11 is 1.61. The van der Waals surface area contributed by atoms with Gasteiger partial charge in [-0.3, -0.25) is 9.36 Å². The Kier molecular flexibility index (Phi) is 7.06. The number of aromatic nitrogens is 3. The van der Waals surface area contributed by atoms with Crippen molar-refractivity contribution in [1.82, 2.24) is 14.5 Å². The number of hydrogen-bond acceptors (Lipinski definition) is 9. The van der Waals surface area contributed by atoms with Gasteiger partial charge in [-0.05, 0) is 35.1 Å². The van der Waals surface area contributed by atoms with Gasteiger partial charge in [0.1, 0.15) is 30.5 Å². The zero-order valence-electron chi connectivity index (χ0n) is 20.5. The molecule has 5 rings (SSSR count). The molecule has 11 heteroatoms. The van der Waals surface area contributed by atoms with E-state index in [1.807, 2.05) is 31.2 Å². The van der Waals surface area contributed by atoms with Crippen LogP contribution in [0.1, 0.15) is 29.8 Å². The minimum atomic E-state index is -0.807. The van der Waals surface area contributed by atoms with Crippen LogP contribution in [0, 0.1) is 0 Å². The van der Waals surface area contributed by atoms with Crippen LogP contribution >= 0.6 is 11.3 Å². The number of carbonyl (C=O) groups excluding carboxylic acids is 1.